The standard InChI is InChI=1S/C12H17F2NO/c1-12(2,3)8-15-9-5-4-6-10(7-9)16-11(13)14/h4-7,11,15H,8H2,1-3H3. The van der Waals surface area contributed by atoms with Gasteiger partial charge in [-0.25, -0.2) is 0 Å². The minimum atomic E-state index is -2.78. The quantitative estimate of drug-likeness (QED) is 0.849. The number of hydrogen-bond donors (Lipinski definition) is 1. The molecule has 16 heavy (non-hydrogen) atoms. The summed E-state index contributed by atoms with van der Waals surface area (Å²) in [5, 5.41) is 3.17. The summed E-state index contributed by atoms with van der Waals surface area (Å²) in [4.78, 5) is 0. The number of benzene rings is 1. The highest BCUT2D eigenvalue weighted by Crippen LogP contribution is 2.21. The fraction of sp³-hybridized carbons (Fsp3) is 0.500. The summed E-state index contributed by atoms with van der Waals surface area (Å²) in [6.45, 7) is 4.28. The monoisotopic (exact) mass is 229 g/mol. The van der Waals surface area contributed by atoms with Crippen molar-refractivity contribution in [2.24, 2.45) is 5.41 Å². The molecule has 0 aliphatic heterocycles. The van der Waals surface area contributed by atoms with Gasteiger partial charge in [0.2, 0.25) is 0 Å². The lowest BCUT2D eigenvalue weighted by molar-refractivity contribution is -0.0498. The summed E-state index contributed by atoms with van der Waals surface area (Å²) in [7, 11) is 0. The second-order valence-electron chi connectivity index (χ2n) is 4.82. The molecule has 0 bridgehead atoms. The Labute approximate surface area is 94.6 Å². The van der Waals surface area contributed by atoms with Crippen LogP contribution in [0.15, 0.2) is 24.3 Å². The van der Waals surface area contributed by atoms with Crippen molar-refractivity contribution in [3.8, 4) is 5.75 Å². The Morgan fingerprint density at radius 2 is 2.00 bits per heavy atom. The van der Waals surface area contributed by atoms with Crippen LogP contribution in [0.5, 0.6) is 5.75 Å². The molecule has 0 atom stereocenters. The molecule has 0 saturated heterocycles. The van der Waals surface area contributed by atoms with Crippen LogP contribution in [0.2, 0.25) is 0 Å². The molecule has 4 heteroatoms. The third-order valence-corrected chi connectivity index (χ3v) is 1.88. The van der Waals surface area contributed by atoms with Gasteiger partial charge in [-0.2, -0.15) is 8.78 Å². The normalized spacial score (nSPS) is 11.6. The van der Waals surface area contributed by atoms with Crippen molar-refractivity contribution in [1.29, 1.82) is 0 Å². The van der Waals surface area contributed by atoms with Gasteiger partial charge in [-0.15, -0.1) is 0 Å². The van der Waals surface area contributed by atoms with E-state index in [1.54, 1.807) is 12.1 Å². The van der Waals surface area contributed by atoms with Gasteiger partial charge in [0, 0.05) is 18.3 Å². The highest BCUT2D eigenvalue weighted by atomic mass is 19.3. The van der Waals surface area contributed by atoms with Gasteiger partial charge in [-0.05, 0) is 17.5 Å². The lowest BCUT2D eigenvalue weighted by atomic mass is 9.97. The summed E-state index contributed by atoms with van der Waals surface area (Å²) in [6.07, 6.45) is 0. The lowest BCUT2D eigenvalue weighted by Gasteiger charge is -2.19. The fourth-order valence-electron chi connectivity index (χ4n) is 1.15. The zero-order valence-corrected chi connectivity index (χ0v) is 9.76. The number of anilines is 1. The number of rotatable bonds is 4. The van der Waals surface area contributed by atoms with Crippen LogP contribution in [-0.4, -0.2) is 13.2 Å². The molecule has 1 aromatic rings. The van der Waals surface area contributed by atoms with Crippen LogP contribution in [-0.2, 0) is 0 Å². The van der Waals surface area contributed by atoms with E-state index in [-0.39, 0.29) is 11.2 Å². The van der Waals surface area contributed by atoms with Gasteiger partial charge in [-0.3, -0.25) is 0 Å². The summed E-state index contributed by atoms with van der Waals surface area (Å²) in [5.41, 5.74) is 0.924. The Morgan fingerprint density at radius 3 is 2.56 bits per heavy atom. The highest BCUT2D eigenvalue weighted by Gasteiger charge is 2.10. The number of alkyl halides is 2. The van der Waals surface area contributed by atoms with Crippen LogP contribution in [0.3, 0.4) is 0 Å². The summed E-state index contributed by atoms with van der Waals surface area (Å²) in [5.74, 6) is 0.175. The molecule has 0 unspecified atom stereocenters. The van der Waals surface area contributed by atoms with Crippen molar-refractivity contribution in [3.05, 3.63) is 24.3 Å². The first-order chi connectivity index (χ1) is 7.37. The number of nitrogens with one attached hydrogen (secondary N) is 1. The molecule has 0 amide bonds. The molecule has 0 aromatic heterocycles. The average molecular weight is 229 g/mol. The Hall–Kier alpha value is -1.32. The van der Waals surface area contributed by atoms with E-state index in [1.165, 1.54) is 6.07 Å². The zero-order valence-electron chi connectivity index (χ0n) is 9.76. The minimum Gasteiger partial charge on any atom is -0.435 e. The number of halogens is 2. The first kappa shape index (κ1) is 12.7. The Kier molecular flexibility index (Phi) is 4.10. The van der Waals surface area contributed by atoms with Crippen molar-refractivity contribution in [2.75, 3.05) is 11.9 Å². The molecule has 0 radical (unpaired) electrons. The van der Waals surface area contributed by atoms with E-state index in [1.807, 2.05) is 6.07 Å². The Bertz CT molecular complexity index is 334. The van der Waals surface area contributed by atoms with Crippen LogP contribution < -0.4 is 10.1 Å². The molecule has 0 saturated carbocycles. The maximum atomic E-state index is 12.0. The molecule has 0 aliphatic carbocycles. The molecule has 0 spiro atoms. The van der Waals surface area contributed by atoms with Gasteiger partial charge < -0.3 is 10.1 Å². The largest absolute Gasteiger partial charge is 0.435 e. The molecule has 1 N–H and O–H groups in total. The minimum absolute atomic E-state index is 0.138. The lowest BCUT2D eigenvalue weighted by Crippen LogP contribution is -2.18. The summed E-state index contributed by atoms with van der Waals surface area (Å²) >= 11 is 0. The molecular formula is C12H17F2NO. The molecule has 0 fully saturated rings. The van der Waals surface area contributed by atoms with Gasteiger partial charge >= 0.3 is 6.61 Å². The van der Waals surface area contributed by atoms with Crippen molar-refractivity contribution < 1.29 is 13.5 Å². The summed E-state index contributed by atoms with van der Waals surface area (Å²) < 4.78 is 28.3. The van der Waals surface area contributed by atoms with E-state index in [4.69, 9.17) is 0 Å². The van der Waals surface area contributed by atoms with Crippen LogP contribution in [0.1, 0.15) is 20.8 Å². The van der Waals surface area contributed by atoms with E-state index in [9.17, 15) is 8.78 Å². The smallest absolute Gasteiger partial charge is 0.387 e. The predicted molar refractivity (Wildman–Crippen MR) is 61.0 cm³/mol. The number of hydrogen-bond acceptors (Lipinski definition) is 2. The van der Waals surface area contributed by atoms with Gasteiger partial charge in [0.1, 0.15) is 5.75 Å². The van der Waals surface area contributed by atoms with Crippen LogP contribution in [0, 0.1) is 5.41 Å². The van der Waals surface area contributed by atoms with Crippen LogP contribution in [0.25, 0.3) is 0 Å². The van der Waals surface area contributed by atoms with Crippen LogP contribution >= 0.6 is 0 Å². The van der Waals surface area contributed by atoms with Crippen molar-refractivity contribution in [1.82, 2.24) is 0 Å². The predicted octanol–water partition coefficient (Wildman–Crippen LogP) is 3.75. The topological polar surface area (TPSA) is 21.3 Å². The SMILES string of the molecule is CC(C)(C)CNc1cccc(OC(F)F)c1. The molecule has 1 aromatic carbocycles. The van der Waals surface area contributed by atoms with Gasteiger partial charge in [-0.1, -0.05) is 26.8 Å². The van der Waals surface area contributed by atoms with Crippen molar-refractivity contribution >= 4 is 5.69 Å². The molecule has 0 heterocycles. The molecular weight excluding hydrogens is 212 g/mol. The van der Waals surface area contributed by atoms with Crippen molar-refractivity contribution in [3.63, 3.8) is 0 Å². The van der Waals surface area contributed by atoms with E-state index >= 15 is 0 Å². The van der Waals surface area contributed by atoms with Crippen molar-refractivity contribution in [2.45, 2.75) is 27.4 Å². The van der Waals surface area contributed by atoms with E-state index < -0.39 is 6.61 Å². The fourth-order valence-corrected chi connectivity index (χ4v) is 1.15. The molecule has 0 aliphatic rings. The van der Waals surface area contributed by atoms with E-state index in [2.05, 4.69) is 30.8 Å². The second-order valence-corrected chi connectivity index (χ2v) is 4.82. The molecule has 90 valence electrons. The average Bonchev–Trinajstić information content (AvgIpc) is 2.13. The zero-order chi connectivity index (χ0) is 12.2. The Morgan fingerprint density at radius 1 is 1.31 bits per heavy atom. The van der Waals surface area contributed by atoms with Gasteiger partial charge in [0.15, 0.2) is 0 Å². The highest BCUT2D eigenvalue weighted by molar-refractivity contribution is 5.48. The summed E-state index contributed by atoms with van der Waals surface area (Å²) in [6, 6.07) is 6.58. The molecule has 1 rings (SSSR count). The van der Waals surface area contributed by atoms with Crippen LogP contribution in [0.4, 0.5) is 14.5 Å². The first-order valence-corrected chi connectivity index (χ1v) is 5.15. The van der Waals surface area contributed by atoms with Gasteiger partial charge in [0.05, 0.1) is 0 Å². The maximum absolute atomic E-state index is 12.0. The molecule has 2 nitrogen and oxygen atoms in total. The Balaban J connectivity index is 2.60. The second kappa shape index (κ2) is 5.14. The number of ether oxygens (including phenoxy) is 1. The van der Waals surface area contributed by atoms with E-state index in [0.29, 0.717) is 0 Å². The maximum Gasteiger partial charge on any atom is 0.387 e. The third-order valence-electron chi connectivity index (χ3n) is 1.88. The third kappa shape index (κ3) is 4.96. The van der Waals surface area contributed by atoms with Gasteiger partial charge in [0.25, 0.3) is 0 Å². The van der Waals surface area contributed by atoms with E-state index in [0.717, 1.165) is 12.2 Å². The first-order valence-electron chi connectivity index (χ1n) is 5.15.